The summed E-state index contributed by atoms with van der Waals surface area (Å²) >= 11 is 6.09. The third-order valence-corrected chi connectivity index (χ3v) is 3.30. The zero-order valence-electron chi connectivity index (χ0n) is 10.1. The van der Waals surface area contributed by atoms with Crippen molar-refractivity contribution in [2.45, 2.75) is 0 Å². The van der Waals surface area contributed by atoms with Crippen molar-refractivity contribution >= 4 is 28.3 Å². The van der Waals surface area contributed by atoms with Crippen LogP contribution in [0.15, 0.2) is 24.3 Å². The van der Waals surface area contributed by atoms with Gasteiger partial charge in [0.2, 0.25) is 0 Å². The highest BCUT2D eigenvalue weighted by atomic mass is 35.5. The molecule has 3 rings (SSSR count). The smallest absolute Gasteiger partial charge is 0.158 e. The summed E-state index contributed by atoms with van der Waals surface area (Å²) in [7, 11) is 3.68. The van der Waals surface area contributed by atoms with E-state index in [1.807, 2.05) is 38.4 Å². The Bertz CT molecular complexity index is 721. The van der Waals surface area contributed by atoms with Crippen molar-refractivity contribution in [2.24, 2.45) is 14.1 Å². The van der Waals surface area contributed by atoms with Crippen LogP contribution in [0, 0.1) is 0 Å². The number of aromatic nitrogens is 4. The van der Waals surface area contributed by atoms with Gasteiger partial charge in [-0.3, -0.25) is 9.36 Å². The predicted octanol–water partition coefficient (Wildman–Crippen LogP) is 2.21. The first-order valence-electron chi connectivity index (χ1n) is 5.48. The van der Waals surface area contributed by atoms with Crippen molar-refractivity contribution in [1.29, 1.82) is 0 Å². The van der Waals surface area contributed by atoms with Crippen LogP contribution in [0.25, 0.3) is 22.2 Å². The fourth-order valence-corrected chi connectivity index (χ4v) is 2.27. The van der Waals surface area contributed by atoms with Gasteiger partial charge in [0.15, 0.2) is 5.15 Å². The number of anilines is 1. The minimum atomic E-state index is 0.498. The Labute approximate surface area is 109 Å². The molecule has 2 aromatic heterocycles. The zero-order chi connectivity index (χ0) is 12.9. The van der Waals surface area contributed by atoms with Gasteiger partial charge in [0.25, 0.3) is 0 Å². The number of hydrogen-bond acceptors (Lipinski definition) is 3. The average molecular weight is 262 g/mol. The topological polar surface area (TPSA) is 61.7 Å². The van der Waals surface area contributed by atoms with Crippen molar-refractivity contribution in [2.75, 3.05) is 5.73 Å². The summed E-state index contributed by atoms with van der Waals surface area (Å²) in [4.78, 5) is 0. The summed E-state index contributed by atoms with van der Waals surface area (Å²) in [5, 5.41) is 9.94. The molecule has 0 unspecified atom stereocenters. The molecule has 92 valence electrons. The van der Waals surface area contributed by atoms with Gasteiger partial charge < -0.3 is 5.73 Å². The Morgan fingerprint density at radius 3 is 2.56 bits per heavy atom. The molecule has 0 spiro atoms. The van der Waals surface area contributed by atoms with E-state index in [1.165, 1.54) is 0 Å². The molecular formula is C12H12ClN5. The summed E-state index contributed by atoms with van der Waals surface area (Å²) in [6, 6.07) is 7.79. The van der Waals surface area contributed by atoms with Crippen LogP contribution in [0.3, 0.4) is 0 Å². The summed E-state index contributed by atoms with van der Waals surface area (Å²) in [5.41, 5.74) is 8.58. The predicted molar refractivity (Wildman–Crippen MR) is 72.3 cm³/mol. The van der Waals surface area contributed by atoms with E-state index in [2.05, 4.69) is 10.2 Å². The standard InChI is InChI=1S/C12H12ClN5/c1-17-10-4-3-7(5-8(10)12(13)16-17)9-6-11(14)18(2)15-9/h3-6H,14H2,1-2H3. The van der Waals surface area contributed by atoms with Crippen LogP contribution in [0.2, 0.25) is 5.15 Å². The SMILES string of the molecule is Cn1nc(-c2ccc3c(c2)c(Cl)nn3C)cc1N. The second kappa shape index (κ2) is 3.74. The van der Waals surface area contributed by atoms with E-state index < -0.39 is 0 Å². The molecule has 0 radical (unpaired) electrons. The largest absolute Gasteiger partial charge is 0.384 e. The second-order valence-electron chi connectivity index (χ2n) is 4.22. The first kappa shape index (κ1) is 11.1. The van der Waals surface area contributed by atoms with Crippen LogP contribution in [0.4, 0.5) is 5.82 Å². The summed E-state index contributed by atoms with van der Waals surface area (Å²) < 4.78 is 3.40. The van der Waals surface area contributed by atoms with Gasteiger partial charge in [0.1, 0.15) is 5.82 Å². The number of rotatable bonds is 1. The Hall–Kier alpha value is -2.01. The number of hydrogen-bond donors (Lipinski definition) is 1. The molecule has 2 heterocycles. The van der Waals surface area contributed by atoms with Gasteiger partial charge in [-0.2, -0.15) is 10.2 Å². The van der Waals surface area contributed by atoms with E-state index in [1.54, 1.807) is 9.36 Å². The van der Waals surface area contributed by atoms with Gasteiger partial charge in [0.05, 0.1) is 11.2 Å². The lowest BCUT2D eigenvalue weighted by Crippen LogP contribution is -1.96. The first-order chi connectivity index (χ1) is 8.56. The number of fused-ring (bicyclic) bond motifs is 1. The molecule has 0 bridgehead atoms. The summed E-state index contributed by atoms with van der Waals surface area (Å²) in [5.74, 6) is 0.627. The summed E-state index contributed by atoms with van der Waals surface area (Å²) in [6.07, 6.45) is 0. The van der Waals surface area contributed by atoms with E-state index in [9.17, 15) is 0 Å². The van der Waals surface area contributed by atoms with Gasteiger partial charge in [-0.05, 0) is 12.1 Å². The monoisotopic (exact) mass is 261 g/mol. The Morgan fingerprint density at radius 2 is 1.89 bits per heavy atom. The Balaban J connectivity index is 2.21. The molecule has 5 nitrogen and oxygen atoms in total. The van der Waals surface area contributed by atoms with Crippen LogP contribution in [-0.2, 0) is 14.1 Å². The number of nitrogen functional groups attached to an aromatic ring is 1. The van der Waals surface area contributed by atoms with Crippen molar-refractivity contribution in [1.82, 2.24) is 19.6 Å². The Kier molecular flexibility index (Phi) is 2.31. The van der Waals surface area contributed by atoms with E-state index in [-0.39, 0.29) is 0 Å². The number of benzene rings is 1. The van der Waals surface area contributed by atoms with Crippen molar-refractivity contribution in [3.8, 4) is 11.3 Å². The molecule has 0 aliphatic carbocycles. The molecule has 1 aromatic carbocycles. The van der Waals surface area contributed by atoms with Crippen LogP contribution < -0.4 is 5.73 Å². The molecule has 0 aliphatic rings. The zero-order valence-corrected chi connectivity index (χ0v) is 10.8. The highest BCUT2D eigenvalue weighted by molar-refractivity contribution is 6.34. The van der Waals surface area contributed by atoms with Gasteiger partial charge in [-0.15, -0.1) is 0 Å². The minimum absolute atomic E-state index is 0.498. The lowest BCUT2D eigenvalue weighted by atomic mass is 10.1. The van der Waals surface area contributed by atoms with Crippen molar-refractivity contribution in [3.63, 3.8) is 0 Å². The van der Waals surface area contributed by atoms with E-state index in [4.69, 9.17) is 17.3 Å². The Morgan fingerprint density at radius 1 is 1.11 bits per heavy atom. The first-order valence-corrected chi connectivity index (χ1v) is 5.86. The van der Waals surface area contributed by atoms with Gasteiger partial charge in [0, 0.05) is 31.1 Å². The maximum atomic E-state index is 6.09. The lowest BCUT2D eigenvalue weighted by molar-refractivity contribution is 0.782. The number of nitrogens with two attached hydrogens (primary N) is 1. The summed E-state index contributed by atoms with van der Waals surface area (Å²) in [6.45, 7) is 0. The molecule has 2 N–H and O–H groups in total. The van der Waals surface area contributed by atoms with Crippen molar-refractivity contribution < 1.29 is 0 Å². The van der Waals surface area contributed by atoms with Gasteiger partial charge >= 0.3 is 0 Å². The number of aryl methyl sites for hydroxylation is 2. The fourth-order valence-electron chi connectivity index (χ4n) is 2.00. The van der Waals surface area contributed by atoms with Crippen LogP contribution in [0.5, 0.6) is 0 Å². The van der Waals surface area contributed by atoms with Crippen LogP contribution in [0.1, 0.15) is 0 Å². The van der Waals surface area contributed by atoms with Gasteiger partial charge in [-0.1, -0.05) is 17.7 Å². The number of nitrogens with zero attached hydrogens (tertiary/aromatic N) is 4. The molecule has 0 amide bonds. The molecule has 3 aromatic rings. The highest BCUT2D eigenvalue weighted by Gasteiger charge is 2.10. The average Bonchev–Trinajstić information content (AvgIpc) is 2.81. The van der Waals surface area contributed by atoms with E-state index in [0.29, 0.717) is 11.0 Å². The maximum absolute atomic E-state index is 6.09. The molecule has 6 heteroatoms. The van der Waals surface area contributed by atoms with Gasteiger partial charge in [-0.25, -0.2) is 0 Å². The quantitative estimate of drug-likeness (QED) is 0.731. The fraction of sp³-hybridized carbons (Fsp3) is 0.167. The highest BCUT2D eigenvalue weighted by Crippen LogP contribution is 2.28. The maximum Gasteiger partial charge on any atom is 0.158 e. The molecule has 18 heavy (non-hydrogen) atoms. The van der Waals surface area contributed by atoms with Crippen LogP contribution >= 0.6 is 11.6 Å². The normalized spacial score (nSPS) is 11.3. The third-order valence-electron chi connectivity index (χ3n) is 3.02. The molecule has 0 fully saturated rings. The molecule has 0 atom stereocenters. The number of halogens is 1. The van der Waals surface area contributed by atoms with Crippen molar-refractivity contribution in [3.05, 3.63) is 29.4 Å². The molecule has 0 aliphatic heterocycles. The lowest BCUT2D eigenvalue weighted by Gasteiger charge is -1.98. The molecule has 0 saturated heterocycles. The second-order valence-corrected chi connectivity index (χ2v) is 4.58. The van der Waals surface area contributed by atoms with E-state index >= 15 is 0 Å². The minimum Gasteiger partial charge on any atom is -0.384 e. The third kappa shape index (κ3) is 1.55. The molecular weight excluding hydrogens is 250 g/mol. The molecule has 0 saturated carbocycles. The van der Waals surface area contributed by atoms with E-state index in [0.717, 1.165) is 22.2 Å². The van der Waals surface area contributed by atoms with Crippen LogP contribution in [-0.4, -0.2) is 19.6 Å².